The molecule has 0 aromatic carbocycles. The fraction of sp³-hybridized carbons (Fsp3) is 0.842. The molecular formula is C19H34N4O2. The van der Waals surface area contributed by atoms with Crippen LogP contribution in [0.1, 0.15) is 78.1 Å². The number of guanidine groups is 1. The van der Waals surface area contributed by atoms with Crippen molar-refractivity contribution in [3.05, 3.63) is 0 Å². The van der Waals surface area contributed by atoms with Gasteiger partial charge < -0.3 is 10.6 Å². The van der Waals surface area contributed by atoms with E-state index in [0.717, 1.165) is 38.5 Å². The molecule has 2 rings (SSSR count). The average molecular weight is 351 g/mol. The molecule has 0 bridgehead atoms. The van der Waals surface area contributed by atoms with E-state index in [1.807, 2.05) is 0 Å². The number of carbonyl (C=O) groups excluding carboxylic acids is 2. The summed E-state index contributed by atoms with van der Waals surface area (Å²) in [4.78, 5) is 26.2. The van der Waals surface area contributed by atoms with E-state index in [0.29, 0.717) is 31.8 Å². The highest BCUT2D eigenvalue weighted by Gasteiger charge is 2.47. The molecule has 1 heterocycles. The summed E-state index contributed by atoms with van der Waals surface area (Å²) in [5.74, 6) is 0.976. The first-order valence-corrected chi connectivity index (χ1v) is 9.97. The third-order valence-corrected chi connectivity index (χ3v) is 5.25. The quantitative estimate of drug-likeness (QED) is 0.473. The lowest BCUT2D eigenvalue weighted by atomic mass is 9.87. The molecule has 1 aliphatic carbocycles. The van der Waals surface area contributed by atoms with Gasteiger partial charge in [-0.05, 0) is 38.0 Å². The van der Waals surface area contributed by atoms with Crippen molar-refractivity contribution in [3.8, 4) is 0 Å². The Morgan fingerprint density at radius 2 is 1.88 bits per heavy atom. The molecule has 0 spiro atoms. The number of hydrogen-bond acceptors (Lipinski definition) is 3. The molecular weight excluding hydrogens is 316 g/mol. The maximum Gasteiger partial charge on any atom is 0.255 e. The Bertz CT molecular complexity index is 480. The van der Waals surface area contributed by atoms with Crippen LogP contribution in [0, 0.1) is 11.3 Å². The number of rotatable bonds is 12. The van der Waals surface area contributed by atoms with Gasteiger partial charge in [0.05, 0.1) is 0 Å². The number of amides is 2. The van der Waals surface area contributed by atoms with E-state index >= 15 is 0 Å². The predicted molar refractivity (Wildman–Crippen MR) is 99.3 cm³/mol. The van der Waals surface area contributed by atoms with Crippen molar-refractivity contribution in [2.45, 2.75) is 83.6 Å². The second-order valence-corrected chi connectivity index (χ2v) is 7.57. The Balaban J connectivity index is 1.81. The van der Waals surface area contributed by atoms with Crippen LogP contribution in [-0.2, 0) is 9.59 Å². The molecule has 2 aliphatic rings. The van der Waals surface area contributed by atoms with Gasteiger partial charge in [-0.2, -0.15) is 0 Å². The van der Waals surface area contributed by atoms with Gasteiger partial charge in [0, 0.05) is 19.5 Å². The first kappa shape index (κ1) is 19.7. The molecule has 6 nitrogen and oxygen atoms in total. The van der Waals surface area contributed by atoms with Gasteiger partial charge in [-0.25, -0.2) is 0 Å². The molecule has 1 saturated carbocycles. The van der Waals surface area contributed by atoms with Crippen molar-refractivity contribution >= 4 is 17.8 Å². The highest BCUT2D eigenvalue weighted by molar-refractivity contribution is 6.07. The summed E-state index contributed by atoms with van der Waals surface area (Å²) in [6.07, 6.45) is 9.32. The van der Waals surface area contributed by atoms with Crippen LogP contribution in [0.2, 0.25) is 0 Å². The van der Waals surface area contributed by atoms with Crippen molar-refractivity contribution in [2.75, 3.05) is 13.1 Å². The van der Waals surface area contributed by atoms with Crippen molar-refractivity contribution in [3.63, 3.8) is 0 Å². The summed E-state index contributed by atoms with van der Waals surface area (Å²) < 4.78 is 0. The van der Waals surface area contributed by atoms with Crippen molar-refractivity contribution < 1.29 is 9.59 Å². The van der Waals surface area contributed by atoms with Gasteiger partial charge in [-0.15, -0.1) is 0 Å². The van der Waals surface area contributed by atoms with E-state index in [9.17, 15) is 9.59 Å². The first-order chi connectivity index (χ1) is 12.0. The first-order valence-electron chi connectivity index (χ1n) is 9.97. The third kappa shape index (κ3) is 5.44. The van der Waals surface area contributed by atoms with E-state index in [2.05, 4.69) is 24.5 Å². The number of hydrogen-bond donors (Lipinski definition) is 3. The minimum atomic E-state index is -0.585. The molecule has 0 unspecified atom stereocenters. The predicted octanol–water partition coefficient (Wildman–Crippen LogP) is 2.78. The summed E-state index contributed by atoms with van der Waals surface area (Å²) in [7, 11) is 0. The van der Waals surface area contributed by atoms with Crippen LogP contribution in [-0.4, -0.2) is 41.3 Å². The molecule has 1 saturated heterocycles. The number of carbonyl (C=O) groups is 2. The Morgan fingerprint density at radius 1 is 1.24 bits per heavy atom. The van der Waals surface area contributed by atoms with Gasteiger partial charge in [-0.3, -0.25) is 19.9 Å². The van der Waals surface area contributed by atoms with Crippen LogP contribution in [0.15, 0.2) is 0 Å². The van der Waals surface area contributed by atoms with E-state index in [4.69, 9.17) is 5.41 Å². The van der Waals surface area contributed by atoms with Crippen LogP contribution in [0.25, 0.3) is 0 Å². The maximum absolute atomic E-state index is 13.0. The fourth-order valence-electron chi connectivity index (χ4n) is 3.46. The zero-order chi connectivity index (χ0) is 18.3. The van der Waals surface area contributed by atoms with Gasteiger partial charge in [0.2, 0.25) is 5.91 Å². The topological polar surface area (TPSA) is 85.3 Å². The summed E-state index contributed by atoms with van der Waals surface area (Å²) >= 11 is 0. The smallest absolute Gasteiger partial charge is 0.255 e. The van der Waals surface area contributed by atoms with E-state index < -0.39 is 5.54 Å². The van der Waals surface area contributed by atoms with Gasteiger partial charge in [0.15, 0.2) is 5.96 Å². The molecule has 0 radical (unpaired) electrons. The lowest BCUT2D eigenvalue weighted by Gasteiger charge is -2.27. The van der Waals surface area contributed by atoms with Crippen molar-refractivity contribution in [1.82, 2.24) is 15.5 Å². The summed E-state index contributed by atoms with van der Waals surface area (Å²) in [6, 6.07) is 0. The number of nitrogens with zero attached hydrogens (tertiary/aromatic N) is 1. The number of unbranched alkanes of at least 4 members (excludes halogenated alkanes) is 2. The number of nitrogens with one attached hydrogen (secondary N) is 3. The lowest BCUT2D eigenvalue weighted by Crippen LogP contribution is -2.47. The molecule has 3 N–H and O–H groups in total. The Kier molecular flexibility index (Phi) is 7.26. The molecule has 142 valence electrons. The van der Waals surface area contributed by atoms with E-state index in [1.54, 1.807) is 4.90 Å². The molecule has 6 heteroatoms. The molecule has 1 aliphatic heterocycles. The van der Waals surface area contributed by atoms with Crippen LogP contribution in [0.4, 0.5) is 0 Å². The largest absolute Gasteiger partial charge is 0.356 e. The van der Waals surface area contributed by atoms with Gasteiger partial charge in [-0.1, -0.05) is 39.5 Å². The zero-order valence-corrected chi connectivity index (χ0v) is 15.8. The Hall–Kier alpha value is -1.59. The average Bonchev–Trinajstić information content (AvgIpc) is 3.36. The zero-order valence-electron chi connectivity index (χ0n) is 15.8. The normalized spacial score (nSPS) is 19.2. The summed E-state index contributed by atoms with van der Waals surface area (Å²) in [5, 5.41) is 14.3. The second kappa shape index (κ2) is 9.20. The van der Waals surface area contributed by atoms with Gasteiger partial charge >= 0.3 is 0 Å². The van der Waals surface area contributed by atoms with Crippen LogP contribution >= 0.6 is 0 Å². The standard InChI is InChI=1S/C19H34N4O2/c1-3-5-10-19(11-6-4-2)17(25)23(18(20)22-19)13-7-12-21-16(24)14-15-8-9-15/h15H,3-14H2,1-2H3,(H2,20,22)(H,21,24). The minimum Gasteiger partial charge on any atom is -0.356 e. The lowest BCUT2D eigenvalue weighted by molar-refractivity contribution is -0.131. The Labute approximate surface area is 151 Å². The third-order valence-electron chi connectivity index (χ3n) is 5.25. The highest BCUT2D eigenvalue weighted by Crippen LogP contribution is 2.32. The SMILES string of the molecule is CCCCC1(CCCC)NC(=N)N(CCCNC(=O)CC2CC2)C1=O. The molecule has 2 fully saturated rings. The fourth-order valence-corrected chi connectivity index (χ4v) is 3.46. The van der Waals surface area contributed by atoms with Gasteiger partial charge in [0.25, 0.3) is 5.91 Å². The molecule has 25 heavy (non-hydrogen) atoms. The van der Waals surface area contributed by atoms with Crippen LogP contribution in [0.5, 0.6) is 0 Å². The van der Waals surface area contributed by atoms with Crippen molar-refractivity contribution in [2.24, 2.45) is 5.92 Å². The summed E-state index contributed by atoms with van der Waals surface area (Å²) in [5.41, 5.74) is -0.585. The molecule has 0 aromatic heterocycles. The molecule has 2 amide bonds. The second-order valence-electron chi connectivity index (χ2n) is 7.57. The van der Waals surface area contributed by atoms with Crippen LogP contribution < -0.4 is 10.6 Å². The highest BCUT2D eigenvalue weighted by atomic mass is 16.2. The van der Waals surface area contributed by atoms with Gasteiger partial charge in [0.1, 0.15) is 5.54 Å². The van der Waals surface area contributed by atoms with Crippen LogP contribution in [0.3, 0.4) is 0 Å². The van der Waals surface area contributed by atoms with E-state index in [-0.39, 0.29) is 17.8 Å². The van der Waals surface area contributed by atoms with Crippen molar-refractivity contribution in [1.29, 1.82) is 5.41 Å². The summed E-state index contributed by atoms with van der Waals surface area (Å²) in [6.45, 7) is 5.31. The monoisotopic (exact) mass is 350 g/mol. The Morgan fingerprint density at radius 3 is 2.44 bits per heavy atom. The maximum atomic E-state index is 13.0. The van der Waals surface area contributed by atoms with E-state index in [1.165, 1.54) is 12.8 Å². The molecule has 0 aromatic rings. The molecule has 0 atom stereocenters. The minimum absolute atomic E-state index is 0.0451.